The van der Waals surface area contributed by atoms with Crippen LogP contribution in [0.3, 0.4) is 0 Å². The molecule has 0 saturated heterocycles. The zero-order valence-corrected chi connectivity index (χ0v) is 14.7. The van der Waals surface area contributed by atoms with Crippen molar-refractivity contribution in [2.45, 2.75) is 0 Å². The molecule has 7 nitrogen and oxygen atoms in total. The molecule has 3 aromatic heterocycles. The fourth-order valence-corrected chi connectivity index (χ4v) is 3.33. The number of aromatic nitrogens is 5. The van der Waals surface area contributed by atoms with Crippen LogP contribution in [0.2, 0.25) is 5.02 Å². The van der Waals surface area contributed by atoms with Gasteiger partial charge in [-0.05, 0) is 29.8 Å². The van der Waals surface area contributed by atoms with Gasteiger partial charge in [-0.1, -0.05) is 29.8 Å². The Labute approximate surface area is 157 Å². The van der Waals surface area contributed by atoms with E-state index >= 15 is 0 Å². The molecule has 3 heterocycles. The summed E-state index contributed by atoms with van der Waals surface area (Å²) < 4.78 is 1.35. The number of anilines is 1. The number of H-pyrrole nitrogens is 2. The molecule has 0 bridgehead atoms. The first-order valence-electron chi connectivity index (χ1n) is 8.21. The number of nitrogens with zero attached hydrogens (tertiary/aromatic N) is 3. The van der Waals surface area contributed by atoms with Gasteiger partial charge < -0.3 is 5.73 Å². The number of nitrogen functional groups attached to an aromatic ring is 1. The van der Waals surface area contributed by atoms with E-state index < -0.39 is 0 Å². The predicted octanol–water partition coefficient (Wildman–Crippen LogP) is 3.47. The lowest BCUT2D eigenvalue weighted by Crippen LogP contribution is -2.14. The van der Waals surface area contributed by atoms with Crippen LogP contribution in [0.5, 0.6) is 0 Å². The second-order valence-electron chi connectivity index (χ2n) is 6.22. The van der Waals surface area contributed by atoms with E-state index in [2.05, 4.69) is 15.3 Å². The Morgan fingerprint density at radius 3 is 2.63 bits per heavy atom. The Bertz CT molecular complexity index is 1360. The number of rotatable bonds is 2. The molecule has 5 aromatic rings. The number of fused-ring (bicyclic) bond motifs is 2. The van der Waals surface area contributed by atoms with E-state index in [0.717, 1.165) is 22.0 Å². The minimum absolute atomic E-state index is 0.241. The Hall–Kier alpha value is -3.58. The number of hydrogen-bond donors (Lipinski definition) is 3. The van der Waals surface area contributed by atoms with Crippen LogP contribution in [0.4, 0.5) is 5.82 Å². The summed E-state index contributed by atoms with van der Waals surface area (Å²) in [5, 5.41) is 11.4. The number of hydrogen-bond acceptors (Lipinski definition) is 4. The zero-order chi connectivity index (χ0) is 18.5. The lowest BCUT2D eigenvalue weighted by atomic mass is 10.1. The van der Waals surface area contributed by atoms with E-state index in [1.807, 2.05) is 30.3 Å². The monoisotopic (exact) mass is 376 g/mol. The second-order valence-corrected chi connectivity index (χ2v) is 6.65. The lowest BCUT2D eigenvalue weighted by Gasteiger charge is -2.04. The second kappa shape index (κ2) is 5.72. The number of halogens is 1. The highest BCUT2D eigenvalue weighted by Gasteiger charge is 2.16. The first-order valence-corrected chi connectivity index (χ1v) is 8.59. The van der Waals surface area contributed by atoms with Crippen LogP contribution in [-0.4, -0.2) is 24.8 Å². The van der Waals surface area contributed by atoms with Gasteiger partial charge in [-0.25, -0.2) is 4.98 Å². The van der Waals surface area contributed by atoms with E-state index in [4.69, 9.17) is 22.3 Å². The van der Waals surface area contributed by atoms with Crippen molar-refractivity contribution in [1.82, 2.24) is 24.8 Å². The van der Waals surface area contributed by atoms with E-state index in [1.165, 1.54) is 10.6 Å². The smallest absolute Gasteiger partial charge is 0.273 e. The van der Waals surface area contributed by atoms with Crippen LogP contribution in [0, 0.1) is 0 Å². The first-order chi connectivity index (χ1) is 13.1. The Kier molecular flexibility index (Phi) is 3.32. The third kappa shape index (κ3) is 2.48. The summed E-state index contributed by atoms with van der Waals surface area (Å²) in [6.07, 6.45) is 1.73. The molecule has 0 radical (unpaired) electrons. The van der Waals surface area contributed by atoms with Gasteiger partial charge in [-0.15, -0.1) is 0 Å². The normalized spacial score (nSPS) is 11.4. The van der Waals surface area contributed by atoms with Crippen LogP contribution in [0.15, 0.2) is 59.5 Å². The Morgan fingerprint density at radius 1 is 1.04 bits per heavy atom. The van der Waals surface area contributed by atoms with Crippen LogP contribution < -0.4 is 11.3 Å². The highest BCUT2D eigenvalue weighted by Crippen LogP contribution is 2.31. The largest absolute Gasteiger partial charge is 0.384 e. The lowest BCUT2D eigenvalue weighted by molar-refractivity contribution is 0.906. The van der Waals surface area contributed by atoms with Crippen LogP contribution in [0.25, 0.3) is 38.9 Å². The minimum atomic E-state index is -0.241. The van der Waals surface area contributed by atoms with Crippen LogP contribution in [0.1, 0.15) is 0 Å². The number of benzene rings is 2. The average Bonchev–Trinajstić information content (AvgIpc) is 3.26. The van der Waals surface area contributed by atoms with E-state index in [9.17, 15) is 4.79 Å². The predicted molar refractivity (Wildman–Crippen MR) is 106 cm³/mol. The number of aromatic amines is 2. The van der Waals surface area contributed by atoms with Gasteiger partial charge in [0.2, 0.25) is 0 Å². The van der Waals surface area contributed by atoms with Gasteiger partial charge in [0.1, 0.15) is 5.82 Å². The molecule has 0 saturated carbocycles. The van der Waals surface area contributed by atoms with Crippen molar-refractivity contribution < 1.29 is 0 Å². The van der Waals surface area contributed by atoms with Crippen molar-refractivity contribution >= 4 is 34.0 Å². The molecule has 4 N–H and O–H groups in total. The number of nitrogens with one attached hydrogen (secondary N) is 2. The molecule has 0 atom stereocenters. The number of nitrogens with two attached hydrogens (primary N) is 1. The van der Waals surface area contributed by atoms with E-state index in [0.29, 0.717) is 27.7 Å². The minimum Gasteiger partial charge on any atom is -0.384 e. The summed E-state index contributed by atoms with van der Waals surface area (Å²) in [5.74, 6) is 0.365. The van der Waals surface area contributed by atoms with Crippen molar-refractivity contribution in [3.63, 3.8) is 0 Å². The molecule has 0 aliphatic heterocycles. The Morgan fingerprint density at radius 2 is 1.81 bits per heavy atom. The van der Waals surface area contributed by atoms with Crippen molar-refractivity contribution in [2.24, 2.45) is 0 Å². The molecule has 132 valence electrons. The molecule has 0 aliphatic carbocycles. The highest BCUT2D eigenvalue weighted by molar-refractivity contribution is 6.30. The molecule has 0 amide bonds. The van der Waals surface area contributed by atoms with Gasteiger partial charge in [0.25, 0.3) is 5.56 Å². The maximum Gasteiger partial charge on any atom is 0.273 e. The summed E-state index contributed by atoms with van der Waals surface area (Å²) in [4.78, 5) is 17.3. The zero-order valence-electron chi connectivity index (χ0n) is 13.9. The van der Waals surface area contributed by atoms with Crippen LogP contribution in [-0.2, 0) is 0 Å². The molecular formula is C19H13ClN6O. The topological polar surface area (TPSA) is 105 Å². The van der Waals surface area contributed by atoms with Gasteiger partial charge in [-0.2, -0.15) is 9.61 Å². The highest BCUT2D eigenvalue weighted by atomic mass is 35.5. The van der Waals surface area contributed by atoms with Gasteiger partial charge in [0, 0.05) is 22.0 Å². The van der Waals surface area contributed by atoms with Crippen molar-refractivity contribution in [3.05, 3.63) is 70.1 Å². The fraction of sp³-hybridized carbons (Fsp3) is 0. The summed E-state index contributed by atoms with van der Waals surface area (Å²) in [7, 11) is 0. The standard InChI is InChI=1S/C19H13ClN6O/c20-13-4-1-10(2-5-13)17-18(21)25-26-16(27)8-15(23-19(17)26)11-3-6-14-12(7-11)9-22-24-14/h1-9,25H,21H2,(H,22,24). The molecule has 0 fully saturated rings. The van der Waals surface area contributed by atoms with Gasteiger partial charge in [0.05, 0.1) is 23.0 Å². The molecule has 0 aliphatic rings. The molecule has 5 rings (SSSR count). The molecule has 0 spiro atoms. The molecular weight excluding hydrogens is 364 g/mol. The van der Waals surface area contributed by atoms with E-state index in [1.54, 1.807) is 18.3 Å². The SMILES string of the molecule is Nc1[nH]n2c(=O)cc(-c3ccc4[nH]ncc4c3)nc2c1-c1ccc(Cl)cc1. The fourth-order valence-electron chi connectivity index (χ4n) is 3.21. The molecule has 8 heteroatoms. The van der Waals surface area contributed by atoms with E-state index in [-0.39, 0.29) is 5.56 Å². The van der Waals surface area contributed by atoms with Gasteiger partial charge >= 0.3 is 0 Å². The first kappa shape index (κ1) is 15.7. The molecule has 2 aromatic carbocycles. The molecule has 27 heavy (non-hydrogen) atoms. The maximum absolute atomic E-state index is 12.6. The molecule has 0 unspecified atom stereocenters. The van der Waals surface area contributed by atoms with Crippen LogP contribution >= 0.6 is 11.6 Å². The summed E-state index contributed by atoms with van der Waals surface area (Å²) >= 11 is 5.98. The maximum atomic E-state index is 12.6. The summed E-state index contributed by atoms with van der Waals surface area (Å²) in [6.45, 7) is 0. The van der Waals surface area contributed by atoms with Gasteiger partial charge in [-0.3, -0.25) is 15.0 Å². The summed E-state index contributed by atoms with van der Waals surface area (Å²) in [6, 6.07) is 14.5. The average molecular weight is 377 g/mol. The van der Waals surface area contributed by atoms with Crippen molar-refractivity contribution in [2.75, 3.05) is 5.73 Å². The van der Waals surface area contributed by atoms with Gasteiger partial charge in [0.15, 0.2) is 5.65 Å². The third-order valence-corrected chi connectivity index (χ3v) is 4.76. The third-order valence-electron chi connectivity index (χ3n) is 4.51. The quantitative estimate of drug-likeness (QED) is 0.438. The summed E-state index contributed by atoms with van der Waals surface area (Å²) in [5.41, 5.74) is 10.2. The van der Waals surface area contributed by atoms with Crippen molar-refractivity contribution in [3.8, 4) is 22.4 Å². The Balaban J connectivity index is 1.77. The van der Waals surface area contributed by atoms with Crippen molar-refractivity contribution in [1.29, 1.82) is 0 Å².